The minimum atomic E-state index is -4.96. The maximum atomic E-state index is 13.6. The van der Waals surface area contributed by atoms with Crippen LogP contribution in [-0.4, -0.2) is 35.6 Å². The molecule has 2 aliphatic rings. The van der Waals surface area contributed by atoms with E-state index in [2.05, 4.69) is 10.5 Å². The number of hydrogen-bond acceptors (Lipinski definition) is 2. The summed E-state index contributed by atoms with van der Waals surface area (Å²) in [7, 11) is 0. The molecule has 112 valence electrons. The van der Waals surface area contributed by atoms with Gasteiger partial charge in [0.15, 0.2) is 6.10 Å². The summed E-state index contributed by atoms with van der Waals surface area (Å²) in [5, 5.41) is 9.04. The lowest BCUT2D eigenvalue weighted by molar-refractivity contribution is -0.277. The van der Waals surface area contributed by atoms with Gasteiger partial charge in [-0.15, -0.1) is 0 Å². The lowest BCUT2D eigenvalue weighted by Gasteiger charge is -2.44. The highest BCUT2D eigenvalue weighted by Gasteiger charge is 2.61. The van der Waals surface area contributed by atoms with Crippen molar-refractivity contribution < 1.29 is 36.6 Å². The van der Waals surface area contributed by atoms with E-state index in [0.29, 0.717) is 0 Å². The molecule has 3 nitrogen and oxygen atoms in total. The van der Waals surface area contributed by atoms with Crippen molar-refractivity contribution in [3.05, 3.63) is 17.1 Å². The fourth-order valence-corrected chi connectivity index (χ4v) is 2.52. The SMILES string of the molecule is CC1(C(=O)O)CC2=C=C(F)CC(F)C2OC1C(F)(F)F. The van der Waals surface area contributed by atoms with Gasteiger partial charge < -0.3 is 9.84 Å². The molecule has 1 aliphatic heterocycles. The van der Waals surface area contributed by atoms with Crippen LogP contribution in [-0.2, 0) is 9.53 Å². The van der Waals surface area contributed by atoms with Crippen LogP contribution in [0.2, 0.25) is 0 Å². The smallest absolute Gasteiger partial charge is 0.415 e. The van der Waals surface area contributed by atoms with E-state index in [4.69, 9.17) is 5.11 Å². The standard InChI is InChI=1S/C12H11F5O3/c1-11(10(18)19)4-5-2-6(13)3-7(14)8(5)20-9(11)12(15,16)17/h7-9H,3-4H2,1H3,(H,18,19). The second kappa shape index (κ2) is 4.56. The van der Waals surface area contributed by atoms with Crippen LogP contribution in [0.1, 0.15) is 19.8 Å². The Morgan fingerprint density at radius 2 is 2.10 bits per heavy atom. The molecule has 4 unspecified atom stereocenters. The van der Waals surface area contributed by atoms with Crippen LogP contribution in [0.5, 0.6) is 0 Å². The van der Waals surface area contributed by atoms with Crippen LogP contribution >= 0.6 is 0 Å². The molecule has 8 heteroatoms. The van der Waals surface area contributed by atoms with Gasteiger partial charge in [0.25, 0.3) is 0 Å². The zero-order valence-electron chi connectivity index (χ0n) is 10.3. The number of alkyl halides is 4. The summed E-state index contributed by atoms with van der Waals surface area (Å²) in [4.78, 5) is 11.2. The maximum absolute atomic E-state index is 13.6. The zero-order chi connectivity index (χ0) is 15.3. The lowest BCUT2D eigenvalue weighted by atomic mass is 9.73. The Balaban J connectivity index is 2.49. The normalized spacial score (nSPS) is 37.8. The number of carboxylic acid groups (broad SMARTS) is 1. The largest absolute Gasteiger partial charge is 0.481 e. The molecular weight excluding hydrogens is 287 g/mol. The van der Waals surface area contributed by atoms with Crippen LogP contribution in [0, 0.1) is 5.41 Å². The monoisotopic (exact) mass is 298 g/mol. The molecule has 1 fully saturated rings. The molecule has 0 aromatic heterocycles. The summed E-state index contributed by atoms with van der Waals surface area (Å²) < 4.78 is 70.2. The van der Waals surface area contributed by atoms with Gasteiger partial charge in [-0.1, -0.05) is 5.73 Å². The van der Waals surface area contributed by atoms with Gasteiger partial charge in [-0.05, 0) is 13.3 Å². The predicted octanol–water partition coefficient (Wildman–Crippen LogP) is 2.92. The van der Waals surface area contributed by atoms with E-state index in [1.807, 2.05) is 0 Å². The molecule has 1 N–H and O–H groups in total. The molecule has 0 spiro atoms. The molecule has 0 aromatic rings. The van der Waals surface area contributed by atoms with Gasteiger partial charge in [-0.25, -0.2) is 8.78 Å². The molecule has 2 rings (SSSR count). The van der Waals surface area contributed by atoms with Crippen molar-refractivity contribution in [1.82, 2.24) is 0 Å². The third-order valence-corrected chi connectivity index (χ3v) is 3.55. The zero-order valence-corrected chi connectivity index (χ0v) is 10.3. The molecule has 0 aromatic carbocycles. The average molecular weight is 298 g/mol. The predicted molar refractivity (Wildman–Crippen MR) is 56.2 cm³/mol. The second-order valence-electron chi connectivity index (χ2n) is 5.15. The molecule has 0 radical (unpaired) electrons. The maximum Gasteiger partial charge on any atom is 0.415 e. The Morgan fingerprint density at radius 3 is 2.60 bits per heavy atom. The molecule has 0 saturated carbocycles. The van der Waals surface area contributed by atoms with Gasteiger partial charge in [0.2, 0.25) is 0 Å². The van der Waals surface area contributed by atoms with Crippen molar-refractivity contribution in [2.45, 2.75) is 44.3 Å². The third kappa shape index (κ3) is 2.33. The topological polar surface area (TPSA) is 46.5 Å². The average Bonchev–Trinajstić information content (AvgIpc) is 2.25. The number of ether oxygens (including phenoxy) is 1. The first-order chi connectivity index (χ1) is 9.05. The molecular formula is C12H11F5O3. The Kier molecular flexibility index (Phi) is 3.42. The van der Waals surface area contributed by atoms with E-state index in [-0.39, 0.29) is 5.57 Å². The van der Waals surface area contributed by atoms with Gasteiger partial charge in [-0.2, -0.15) is 13.2 Å². The van der Waals surface area contributed by atoms with Crippen LogP contribution in [0.25, 0.3) is 0 Å². The van der Waals surface area contributed by atoms with Crippen molar-refractivity contribution in [3.63, 3.8) is 0 Å². The number of hydrogen-bond donors (Lipinski definition) is 1. The highest BCUT2D eigenvalue weighted by atomic mass is 19.4. The van der Waals surface area contributed by atoms with Crippen molar-refractivity contribution in [2.24, 2.45) is 5.41 Å². The summed E-state index contributed by atoms with van der Waals surface area (Å²) >= 11 is 0. The highest BCUT2D eigenvalue weighted by molar-refractivity contribution is 5.76. The number of carboxylic acids is 1. The number of halogens is 5. The summed E-state index contributed by atoms with van der Waals surface area (Å²) in [6.07, 6.45) is -12.6. The fraction of sp³-hybridized carbons (Fsp3) is 0.667. The Bertz CT molecular complexity index is 506. The molecule has 4 atom stereocenters. The van der Waals surface area contributed by atoms with Gasteiger partial charge in [-0.3, -0.25) is 4.79 Å². The summed E-state index contributed by atoms with van der Waals surface area (Å²) in [6, 6.07) is 0. The molecule has 1 saturated heterocycles. The molecule has 1 heterocycles. The quantitative estimate of drug-likeness (QED) is 0.598. The van der Waals surface area contributed by atoms with Crippen LogP contribution in [0.4, 0.5) is 22.0 Å². The van der Waals surface area contributed by atoms with Gasteiger partial charge >= 0.3 is 12.1 Å². The van der Waals surface area contributed by atoms with Gasteiger partial charge in [0, 0.05) is 12.0 Å². The van der Waals surface area contributed by atoms with E-state index in [1.165, 1.54) is 0 Å². The van der Waals surface area contributed by atoms with Crippen molar-refractivity contribution in [1.29, 1.82) is 0 Å². The van der Waals surface area contributed by atoms with Gasteiger partial charge in [0.05, 0.1) is 0 Å². The Hall–Kier alpha value is -1.40. The van der Waals surface area contributed by atoms with Crippen LogP contribution < -0.4 is 0 Å². The first kappa shape index (κ1) is 15.0. The minimum Gasteiger partial charge on any atom is -0.481 e. The fourth-order valence-electron chi connectivity index (χ4n) is 2.52. The molecule has 1 aliphatic carbocycles. The highest BCUT2D eigenvalue weighted by Crippen LogP contribution is 2.48. The minimum absolute atomic E-state index is 0.216. The van der Waals surface area contributed by atoms with Crippen molar-refractivity contribution in [3.8, 4) is 0 Å². The van der Waals surface area contributed by atoms with Crippen LogP contribution in [0.15, 0.2) is 17.1 Å². The molecule has 0 bridgehead atoms. The summed E-state index contributed by atoms with van der Waals surface area (Å²) in [6.45, 7) is 0.845. The van der Waals surface area contributed by atoms with E-state index in [9.17, 15) is 26.7 Å². The number of carbonyl (C=O) groups is 1. The Morgan fingerprint density at radius 1 is 1.50 bits per heavy atom. The summed E-state index contributed by atoms with van der Waals surface area (Å²) in [5.41, 5.74) is -0.453. The van der Waals surface area contributed by atoms with E-state index in [0.717, 1.165) is 6.92 Å². The van der Waals surface area contributed by atoms with Crippen LogP contribution in [0.3, 0.4) is 0 Å². The number of aliphatic carboxylic acids is 1. The Labute approximate surface area is 110 Å². The number of fused-ring (bicyclic) bond motifs is 1. The third-order valence-electron chi connectivity index (χ3n) is 3.55. The molecule has 0 amide bonds. The second-order valence-corrected chi connectivity index (χ2v) is 5.15. The van der Waals surface area contributed by atoms with E-state index >= 15 is 0 Å². The number of rotatable bonds is 1. The van der Waals surface area contributed by atoms with E-state index < -0.39 is 54.6 Å². The van der Waals surface area contributed by atoms with Crippen molar-refractivity contribution in [2.75, 3.05) is 0 Å². The van der Waals surface area contributed by atoms with Crippen molar-refractivity contribution >= 4 is 5.97 Å². The molecule has 20 heavy (non-hydrogen) atoms. The lowest BCUT2D eigenvalue weighted by Crippen LogP contribution is -2.57. The summed E-state index contributed by atoms with van der Waals surface area (Å²) in [5.74, 6) is -2.69. The first-order valence-electron chi connectivity index (χ1n) is 5.79. The van der Waals surface area contributed by atoms with E-state index in [1.54, 1.807) is 0 Å². The van der Waals surface area contributed by atoms with Gasteiger partial charge in [0.1, 0.15) is 23.5 Å². The first-order valence-corrected chi connectivity index (χ1v) is 5.79.